The summed E-state index contributed by atoms with van der Waals surface area (Å²) in [4.78, 5) is 2.34. The van der Waals surface area contributed by atoms with Crippen molar-refractivity contribution in [2.75, 3.05) is 4.90 Å². The van der Waals surface area contributed by atoms with Gasteiger partial charge in [0.15, 0.2) is 0 Å². The Morgan fingerprint density at radius 3 is 1.63 bits per heavy atom. The Morgan fingerprint density at radius 1 is 0.463 bits per heavy atom. The van der Waals surface area contributed by atoms with Crippen molar-refractivity contribution in [2.24, 2.45) is 0 Å². The zero-order valence-electron chi connectivity index (χ0n) is 24.6. The molecule has 0 aliphatic heterocycles. The van der Waals surface area contributed by atoms with E-state index in [1.807, 2.05) is 0 Å². The average Bonchev–Trinajstić information content (AvgIpc) is 2.99. The molecule has 0 atom stereocenters. The van der Waals surface area contributed by atoms with Crippen LogP contribution in [0.3, 0.4) is 0 Å². The molecule has 6 rings (SSSR count). The smallest absolute Gasteiger partial charge is 0.0468 e. The van der Waals surface area contributed by atoms with Crippen LogP contribution in [0.5, 0.6) is 0 Å². The lowest BCUT2D eigenvalue weighted by Gasteiger charge is -2.27. The van der Waals surface area contributed by atoms with Crippen LogP contribution in [-0.4, -0.2) is 0 Å². The highest BCUT2D eigenvalue weighted by atomic mass is 15.1. The number of rotatable bonds is 6. The standard InChI is InChI=1S/C40H37N/c1-28-10-17-34(18-11-28)40(4,5)35-19-25-39(30(3)26-35)32-15-22-37(23-16-32)41(36-20-12-29(2)13-21-36)38-24-14-31-8-6-7-9-33(31)27-38/h6-27H,1-5H3. The van der Waals surface area contributed by atoms with E-state index < -0.39 is 0 Å². The molecule has 0 fully saturated rings. The number of aryl methyl sites for hydroxylation is 3. The largest absolute Gasteiger partial charge is 0.310 e. The van der Waals surface area contributed by atoms with E-state index in [4.69, 9.17) is 0 Å². The lowest BCUT2D eigenvalue weighted by Crippen LogP contribution is -2.19. The quantitative estimate of drug-likeness (QED) is 0.207. The van der Waals surface area contributed by atoms with E-state index in [1.54, 1.807) is 0 Å². The molecule has 0 N–H and O–H groups in total. The first kappa shape index (κ1) is 26.6. The molecule has 0 aliphatic rings. The number of fused-ring (bicyclic) bond motifs is 1. The van der Waals surface area contributed by atoms with E-state index in [2.05, 4.69) is 173 Å². The van der Waals surface area contributed by atoms with Crippen molar-refractivity contribution in [2.45, 2.75) is 40.0 Å². The summed E-state index contributed by atoms with van der Waals surface area (Å²) in [5, 5.41) is 2.49. The SMILES string of the molecule is Cc1ccc(N(c2ccc(-c3ccc(C(C)(C)c4ccc(C)cc4)cc3C)cc2)c2ccc3ccccc3c2)cc1. The third-order valence-electron chi connectivity index (χ3n) is 8.44. The van der Waals surface area contributed by atoms with Crippen LogP contribution < -0.4 is 4.90 Å². The Balaban J connectivity index is 1.35. The first-order valence-corrected chi connectivity index (χ1v) is 14.4. The molecule has 0 aromatic heterocycles. The van der Waals surface area contributed by atoms with Gasteiger partial charge >= 0.3 is 0 Å². The molecular formula is C40H37N. The number of hydrogen-bond acceptors (Lipinski definition) is 1. The second-order valence-corrected chi connectivity index (χ2v) is 11.8. The molecule has 0 bridgehead atoms. The minimum absolute atomic E-state index is 0.0603. The molecular weight excluding hydrogens is 494 g/mol. The minimum atomic E-state index is -0.0603. The molecule has 0 radical (unpaired) electrons. The van der Waals surface area contributed by atoms with Gasteiger partial charge in [-0.15, -0.1) is 0 Å². The van der Waals surface area contributed by atoms with Crippen LogP contribution >= 0.6 is 0 Å². The van der Waals surface area contributed by atoms with Gasteiger partial charge in [-0.05, 0) is 95.8 Å². The van der Waals surface area contributed by atoms with Gasteiger partial charge in [-0.3, -0.25) is 0 Å². The number of nitrogens with zero attached hydrogens (tertiary/aromatic N) is 1. The van der Waals surface area contributed by atoms with Crippen molar-refractivity contribution < 1.29 is 0 Å². The Kier molecular flexibility index (Phi) is 6.97. The zero-order chi connectivity index (χ0) is 28.6. The van der Waals surface area contributed by atoms with Crippen molar-refractivity contribution in [1.29, 1.82) is 0 Å². The fraction of sp³-hybridized carbons (Fsp3) is 0.150. The molecule has 6 aromatic rings. The highest BCUT2D eigenvalue weighted by molar-refractivity contribution is 5.89. The normalized spacial score (nSPS) is 11.5. The van der Waals surface area contributed by atoms with Crippen LogP contribution in [0.2, 0.25) is 0 Å². The van der Waals surface area contributed by atoms with Crippen LogP contribution in [0.25, 0.3) is 21.9 Å². The first-order valence-electron chi connectivity index (χ1n) is 14.4. The molecule has 0 saturated carbocycles. The summed E-state index contributed by atoms with van der Waals surface area (Å²) in [6.07, 6.45) is 0. The second-order valence-electron chi connectivity index (χ2n) is 11.8. The molecule has 0 saturated heterocycles. The molecule has 41 heavy (non-hydrogen) atoms. The van der Waals surface area contributed by atoms with Gasteiger partial charge in [-0.25, -0.2) is 0 Å². The molecule has 0 amide bonds. The van der Waals surface area contributed by atoms with E-state index >= 15 is 0 Å². The first-order chi connectivity index (χ1) is 19.8. The van der Waals surface area contributed by atoms with Gasteiger partial charge in [0.25, 0.3) is 0 Å². The summed E-state index contributed by atoms with van der Waals surface area (Å²) in [6, 6.07) is 48.9. The fourth-order valence-electron chi connectivity index (χ4n) is 5.76. The predicted molar refractivity (Wildman–Crippen MR) is 177 cm³/mol. The van der Waals surface area contributed by atoms with Gasteiger partial charge < -0.3 is 4.90 Å². The van der Waals surface area contributed by atoms with Crippen LogP contribution in [0.15, 0.2) is 133 Å². The van der Waals surface area contributed by atoms with Crippen molar-refractivity contribution in [3.8, 4) is 11.1 Å². The zero-order valence-corrected chi connectivity index (χ0v) is 24.6. The van der Waals surface area contributed by atoms with E-state index in [0.29, 0.717) is 0 Å². The summed E-state index contributed by atoms with van der Waals surface area (Å²) in [5.41, 5.74) is 12.4. The van der Waals surface area contributed by atoms with E-state index in [9.17, 15) is 0 Å². The molecule has 0 aliphatic carbocycles. The lowest BCUT2D eigenvalue weighted by molar-refractivity contribution is 0.640. The number of anilines is 3. The van der Waals surface area contributed by atoms with Crippen LogP contribution in [0, 0.1) is 20.8 Å². The topological polar surface area (TPSA) is 3.24 Å². The number of hydrogen-bond donors (Lipinski definition) is 0. The highest BCUT2D eigenvalue weighted by Crippen LogP contribution is 2.38. The van der Waals surface area contributed by atoms with Gasteiger partial charge in [0.2, 0.25) is 0 Å². The van der Waals surface area contributed by atoms with Crippen molar-refractivity contribution in [3.05, 3.63) is 161 Å². The molecule has 0 spiro atoms. The minimum Gasteiger partial charge on any atom is -0.310 e. The maximum absolute atomic E-state index is 2.36. The Morgan fingerprint density at radius 2 is 1.00 bits per heavy atom. The van der Waals surface area contributed by atoms with Crippen LogP contribution in [0.4, 0.5) is 17.1 Å². The molecule has 0 unspecified atom stereocenters. The van der Waals surface area contributed by atoms with Crippen LogP contribution in [-0.2, 0) is 5.41 Å². The summed E-state index contributed by atoms with van der Waals surface area (Å²) in [7, 11) is 0. The van der Waals surface area contributed by atoms with E-state index in [1.165, 1.54) is 49.7 Å². The van der Waals surface area contributed by atoms with Crippen molar-refractivity contribution in [3.63, 3.8) is 0 Å². The Bertz CT molecular complexity index is 1810. The molecule has 6 aromatic carbocycles. The van der Waals surface area contributed by atoms with Gasteiger partial charge in [-0.1, -0.05) is 122 Å². The maximum atomic E-state index is 2.36. The fourth-order valence-corrected chi connectivity index (χ4v) is 5.76. The second kappa shape index (κ2) is 10.7. The monoisotopic (exact) mass is 531 g/mol. The third-order valence-corrected chi connectivity index (χ3v) is 8.44. The summed E-state index contributed by atoms with van der Waals surface area (Å²) in [5.74, 6) is 0. The Labute approximate surface area is 244 Å². The van der Waals surface area contributed by atoms with Crippen molar-refractivity contribution in [1.82, 2.24) is 0 Å². The van der Waals surface area contributed by atoms with Gasteiger partial charge in [0.05, 0.1) is 0 Å². The Hall–Kier alpha value is -4.62. The lowest BCUT2D eigenvalue weighted by atomic mass is 9.77. The molecule has 1 nitrogen and oxygen atoms in total. The summed E-state index contributed by atoms with van der Waals surface area (Å²) >= 11 is 0. The van der Waals surface area contributed by atoms with Crippen LogP contribution in [0.1, 0.15) is 41.7 Å². The third kappa shape index (κ3) is 5.28. The average molecular weight is 532 g/mol. The van der Waals surface area contributed by atoms with E-state index in [0.717, 1.165) is 17.1 Å². The maximum Gasteiger partial charge on any atom is 0.0468 e. The van der Waals surface area contributed by atoms with E-state index in [-0.39, 0.29) is 5.41 Å². The predicted octanol–water partition coefficient (Wildman–Crippen LogP) is 11.2. The molecule has 0 heterocycles. The summed E-state index contributed by atoms with van der Waals surface area (Å²) < 4.78 is 0. The van der Waals surface area contributed by atoms with Gasteiger partial charge in [0.1, 0.15) is 0 Å². The molecule has 202 valence electrons. The van der Waals surface area contributed by atoms with Crippen molar-refractivity contribution >= 4 is 27.8 Å². The van der Waals surface area contributed by atoms with Gasteiger partial charge in [-0.2, -0.15) is 0 Å². The summed E-state index contributed by atoms with van der Waals surface area (Å²) in [6.45, 7) is 11.1. The van der Waals surface area contributed by atoms with Gasteiger partial charge in [0, 0.05) is 22.5 Å². The molecule has 1 heteroatoms. The number of benzene rings is 6. The highest BCUT2D eigenvalue weighted by Gasteiger charge is 2.23.